The van der Waals surface area contributed by atoms with E-state index < -0.39 is 0 Å². The van der Waals surface area contributed by atoms with E-state index in [-0.39, 0.29) is 5.54 Å². The SMILES string of the molecule is CN(N)C(=S)NC(C)(C)C. The molecule has 0 saturated carbocycles. The summed E-state index contributed by atoms with van der Waals surface area (Å²) in [5.74, 6) is 5.37. The van der Waals surface area contributed by atoms with E-state index in [9.17, 15) is 0 Å². The first kappa shape index (κ1) is 9.65. The third-order valence-corrected chi connectivity index (χ3v) is 1.19. The molecule has 3 N–H and O–H groups in total. The monoisotopic (exact) mass is 161 g/mol. The number of hydrazine groups is 1. The van der Waals surface area contributed by atoms with E-state index in [2.05, 4.69) is 5.32 Å². The van der Waals surface area contributed by atoms with Gasteiger partial charge in [-0.1, -0.05) is 0 Å². The van der Waals surface area contributed by atoms with Gasteiger partial charge in [0.05, 0.1) is 0 Å². The lowest BCUT2D eigenvalue weighted by Crippen LogP contribution is -2.49. The first-order chi connectivity index (χ1) is 4.33. The third-order valence-electron chi connectivity index (χ3n) is 0.802. The highest BCUT2D eigenvalue weighted by Crippen LogP contribution is 1.98. The highest BCUT2D eigenvalue weighted by molar-refractivity contribution is 7.80. The predicted molar refractivity (Wildman–Crippen MR) is 47.4 cm³/mol. The van der Waals surface area contributed by atoms with Crippen molar-refractivity contribution >= 4 is 17.3 Å². The van der Waals surface area contributed by atoms with Gasteiger partial charge in [0.2, 0.25) is 0 Å². The molecule has 0 spiro atoms. The van der Waals surface area contributed by atoms with Crippen LogP contribution in [0.2, 0.25) is 0 Å². The van der Waals surface area contributed by atoms with Crippen molar-refractivity contribution in [1.82, 2.24) is 10.3 Å². The van der Waals surface area contributed by atoms with Crippen molar-refractivity contribution in [2.75, 3.05) is 7.05 Å². The average molecular weight is 161 g/mol. The summed E-state index contributed by atoms with van der Waals surface area (Å²) in [4.78, 5) is 0. The van der Waals surface area contributed by atoms with Crippen molar-refractivity contribution in [2.24, 2.45) is 5.84 Å². The second-order valence-electron chi connectivity index (χ2n) is 3.29. The van der Waals surface area contributed by atoms with Gasteiger partial charge in [0.1, 0.15) is 0 Å². The predicted octanol–water partition coefficient (Wildman–Crippen LogP) is 0.465. The second kappa shape index (κ2) is 3.16. The minimum absolute atomic E-state index is 0.00921. The maximum absolute atomic E-state index is 5.37. The minimum atomic E-state index is -0.00921. The van der Waals surface area contributed by atoms with Crippen LogP contribution in [0.25, 0.3) is 0 Å². The molecule has 60 valence electrons. The molecule has 0 aliphatic heterocycles. The Balaban J connectivity index is 3.81. The normalized spacial score (nSPS) is 10.9. The molecule has 0 aliphatic carbocycles. The highest BCUT2D eigenvalue weighted by Gasteiger charge is 2.11. The Hall–Kier alpha value is -0.350. The standard InChI is InChI=1S/C6H15N3S/c1-6(2,3)8-5(10)9(4)7/h7H2,1-4H3,(H,8,10). The van der Waals surface area contributed by atoms with Crippen LogP contribution < -0.4 is 11.2 Å². The lowest BCUT2D eigenvalue weighted by atomic mass is 10.1. The number of rotatable bonds is 0. The van der Waals surface area contributed by atoms with Crippen LogP contribution in [-0.4, -0.2) is 22.7 Å². The average Bonchev–Trinajstić information content (AvgIpc) is 1.60. The zero-order chi connectivity index (χ0) is 8.36. The molecule has 0 radical (unpaired) electrons. The molecule has 0 atom stereocenters. The number of nitrogens with two attached hydrogens (primary N) is 1. The molecular weight excluding hydrogens is 146 g/mol. The molecular formula is C6H15N3S. The van der Waals surface area contributed by atoms with Crippen LogP contribution in [0.15, 0.2) is 0 Å². The molecule has 3 nitrogen and oxygen atoms in total. The van der Waals surface area contributed by atoms with E-state index in [1.54, 1.807) is 7.05 Å². The zero-order valence-corrected chi connectivity index (χ0v) is 7.75. The van der Waals surface area contributed by atoms with Gasteiger partial charge in [0.25, 0.3) is 0 Å². The lowest BCUT2D eigenvalue weighted by molar-refractivity contribution is 0.452. The maximum atomic E-state index is 5.37. The van der Waals surface area contributed by atoms with Gasteiger partial charge in [-0.3, -0.25) is 5.01 Å². The van der Waals surface area contributed by atoms with Crippen molar-refractivity contribution < 1.29 is 0 Å². The molecule has 0 aromatic rings. The summed E-state index contributed by atoms with van der Waals surface area (Å²) < 4.78 is 0. The number of hydrogen-bond donors (Lipinski definition) is 2. The molecule has 4 heteroatoms. The Bertz CT molecular complexity index is 125. The van der Waals surface area contributed by atoms with Gasteiger partial charge in [-0.05, 0) is 33.0 Å². The van der Waals surface area contributed by atoms with Gasteiger partial charge in [0.15, 0.2) is 5.11 Å². The summed E-state index contributed by atoms with van der Waals surface area (Å²) in [6, 6.07) is 0. The molecule has 10 heavy (non-hydrogen) atoms. The maximum Gasteiger partial charge on any atom is 0.183 e. The smallest absolute Gasteiger partial charge is 0.183 e. The molecule has 0 unspecified atom stereocenters. The largest absolute Gasteiger partial charge is 0.357 e. The Labute approximate surface area is 67.5 Å². The number of nitrogens with zero attached hydrogens (tertiary/aromatic N) is 1. The molecule has 0 aromatic heterocycles. The summed E-state index contributed by atoms with van der Waals surface area (Å²) in [5, 5.41) is 5.00. The van der Waals surface area contributed by atoms with Crippen LogP contribution >= 0.6 is 12.2 Å². The fourth-order valence-electron chi connectivity index (χ4n) is 0.409. The van der Waals surface area contributed by atoms with E-state index in [4.69, 9.17) is 18.1 Å². The van der Waals surface area contributed by atoms with Crippen molar-refractivity contribution in [3.8, 4) is 0 Å². The Morgan fingerprint density at radius 1 is 1.50 bits per heavy atom. The van der Waals surface area contributed by atoms with Crippen LogP contribution in [0.5, 0.6) is 0 Å². The van der Waals surface area contributed by atoms with Gasteiger partial charge in [-0.25, -0.2) is 5.84 Å². The van der Waals surface area contributed by atoms with E-state index >= 15 is 0 Å². The zero-order valence-electron chi connectivity index (χ0n) is 6.93. The van der Waals surface area contributed by atoms with Crippen LogP contribution in [-0.2, 0) is 0 Å². The molecule has 0 saturated heterocycles. The Kier molecular flexibility index (Phi) is 3.05. The molecule has 0 rings (SSSR count). The fraction of sp³-hybridized carbons (Fsp3) is 0.833. The summed E-state index contributed by atoms with van der Waals surface area (Å²) in [5.41, 5.74) is -0.00921. The molecule has 0 amide bonds. The van der Waals surface area contributed by atoms with Gasteiger partial charge < -0.3 is 5.32 Å². The Morgan fingerprint density at radius 2 is 1.90 bits per heavy atom. The summed E-state index contributed by atoms with van der Waals surface area (Å²) in [6.07, 6.45) is 0. The fourth-order valence-corrected chi connectivity index (χ4v) is 0.715. The van der Waals surface area contributed by atoms with E-state index in [0.717, 1.165) is 0 Å². The van der Waals surface area contributed by atoms with Gasteiger partial charge >= 0.3 is 0 Å². The minimum Gasteiger partial charge on any atom is -0.357 e. The van der Waals surface area contributed by atoms with Crippen LogP contribution in [0.4, 0.5) is 0 Å². The van der Waals surface area contributed by atoms with Crippen LogP contribution in [0, 0.1) is 0 Å². The molecule has 0 aromatic carbocycles. The van der Waals surface area contributed by atoms with Crippen molar-refractivity contribution in [3.63, 3.8) is 0 Å². The van der Waals surface area contributed by atoms with E-state index in [0.29, 0.717) is 5.11 Å². The van der Waals surface area contributed by atoms with Crippen molar-refractivity contribution in [1.29, 1.82) is 0 Å². The topological polar surface area (TPSA) is 41.3 Å². The number of nitrogens with one attached hydrogen (secondary N) is 1. The summed E-state index contributed by atoms with van der Waals surface area (Å²) in [7, 11) is 1.71. The third kappa shape index (κ3) is 4.52. The van der Waals surface area contributed by atoms with Gasteiger partial charge in [-0.2, -0.15) is 0 Å². The molecule has 0 aliphatic rings. The van der Waals surface area contributed by atoms with Crippen LogP contribution in [0.3, 0.4) is 0 Å². The number of hydrogen-bond acceptors (Lipinski definition) is 2. The second-order valence-corrected chi connectivity index (χ2v) is 3.68. The summed E-state index contributed by atoms with van der Waals surface area (Å²) in [6.45, 7) is 6.09. The van der Waals surface area contributed by atoms with E-state index in [1.165, 1.54) is 5.01 Å². The number of thiocarbonyl (C=S) groups is 1. The first-order valence-electron chi connectivity index (χ1n) is 3.13. The van der Waals surface area contributed by atoms with Crippen molar-refractivity contribution in [3.05, 3.63) is 0 Å². The summed E-state index contributed by atoms with van der Waals surface area (Å²) >= 11 is 4.92. The lowest BCUT2D eigenvalue weighted by Gasteiger charge is -2.25. The quantitative estimate of drug-likeness (QED) is 0.308. The van der Waals surface area contributed by atoms with Gasteiger partial charge in [0, 0.05) is 12.6 Å². The molecule has 0 fully saturated rings. The highest BCUT2D eigenvalue weighted by atomic mass is 32.1. The van der Waals surface area contributed by atoms with Gasteiger partial charge in [-0.15, -0.1) is 0 Å². The molecule has 0 bridgehead atoms. The first-order valence-corrected chi connectivity index (χ1v) is 3.54. The molecule has 0 heterocycles. The van der Waals surface area contributed by atoms with Crippen molar-refractivity contribution in [2.45, 2.75) is 26.3 Å². The van der Waals surface area contributed by atoms with Crippen LogP contribution in [0.1, 0.15) is 20.8 Å². The van der Waals surface area contributed by atoms with E-state index in [1.807, 2.05) is 20.8 Å². The Morgan fingerprint density at radius 3 is 2.00 bits per heavy atom.